The van der Waals surface area contributed by atoms with Crippen LogP contribution in [0, 0.1) is 6.92 Å². The molecule has 7 heteroatoms. The van der Waals surface area contributed by atoms with Gasteiger partial charge in [-0.25, -0.2) is 4.98 Å². The van der Waals surface area contributed by atoms with Crippen LogP contribution in [0.4, 0.5) is 5.69 Å². The molecule has 0 fully saturated rings. The highest BCUT2D eigenvalue weighted by Crippen LogP contribution is 2.32. The maximum atomic E-state index is 12.1. The van der Waals surface area contributed by atoms with E-state index in [9.17, 15) is 4.79 Å². The topological polar surface area (TPSA) is 70.7 Å². The van der Waals surface area contributed by atoms with Crippen LogP contribution in [0.3, 0.4) is 0 Å². The molecular weight excluding hydrogens is 388 g/mol. The molecule has 2 rings (SSSR count). The van der Waals surface area contributed by atoms with E-state index in [-0.39, 0.29) is 11.7 Å². The lowest BCUT2D eigenvalue weighted by molar-refractivity contribution is 0.101. The first kappa shape index (κ1) is 15.2. The summed E-state index contributed by atoms with van der Waals surface area (Å²) < 4.78 is 1.61. The van der Waals surface area contributed by atoms with Crippen LogP contribution in [-0.2, 0) is 6.42 Å². The van der Waals surface area contributed by atoms with Crippen LogP contribution < -0.4 is 5.32 Å². The molecule has 0 radical (unpaired) electrons. The molecule has 0 atom stereocenters. The van der Waals surface area contributed by atoms with Crippen LogP contribution in [0.15, 0.2) is 21.1 Å². The number of anilines is 1. The highest BCUT2D eigenvalue weighted by molar-refractivity contribution is 9.11. The Morgan fingerprint density at radius 1 is 1.35 bits per heavy atom. The molecule has 0 bridgehead atoms. The average Bonchev–Trinajstić information content (AvgIpc) is 2.82. The predicted molar refractivity (Wildman–Crippen MR) is 84.9 cm³/mol. The minimum atomic E-state index is -0.339. The van der Waals surface area contributed by atoms with Crippen molar-refractivity contribution >= 4 is 43.5 Å². The SMILES string of the molecule is CCCc1nc(C(=O)Nc2c(Br)cc(C)cc2Br)n[nH]1. The van der Waals surface area contributed by atoms with Crippen molar-refractivity contribution in [1.82, 2.24) is 15.2 Å². The third kappa shape index (κ3) is 3.46. The number of rotatable bonds is 4. The summed E-state index contributed by atoms with van der Waals surface area (Å²) in [6.45, 7) is 4.02. The minimum absolute atomic E-state index is 0.146. The second kappa shape index (κ2) is 6.49. The summed E-state index contributed by atoms with van der Waals surface area (Å²) >= 11 is 6.87. The fourth-order valence-corrected chi connectivity index (χ4v) is 3.35. The largest absolute Gasteiger partial charge is 0.317 e. The van der Waals surface area contributed by atoms with Gasteiger partial charge in [-0.3, -0.25) is 9.89 Å². The predicted octanol–water partition coefficient (Wildman–Crippen LogP) is 3.84. The van der Waals surface area contributed by atoms with E-state index in [0.717, 1.165) is 33.2 Å². The lowest BCUT2D eigenvalue weighted by atomic mass is 10.2. The van der Waals surface area contributed by atoms with Gasteiger partial charge in [-0.15, -0.1) is 5.10 Å². The molecule has 2 aromatic rings. The maximum Gasteiger partial charge on any atom is 0.295 e. The number of benzene rings is 1. The normalized spacial score (nSPS) is 10.6. The molecule has 1 aromatic carbocycles. The van der Waals surface area contributed by atoms with Crippen molar-refractivity contribution in [2.75, 3.05) is 5.32 Å². The van der Waals surface area contributed by atoms with Gasteiger partial charge < -0.3 is 5.32 Å². The van der Waals surface area contributed by atoms with Crippen molar-refractivity contribution in [3.63, 3.8) is 0 Å². The minimum Gasteiger partial charge on any atom is -0.317 e. The maximum absolute atomic E-state index is 12.1. The number of hydrogen-bond acceptors (Lipinski definition) is 3. The number of aromatic nitrogens is 3. The Bertz CT molecular complexity index is 616. The molecular formula is C13H14Br2N4O. The Balaban J connectivity index is 2.19. The summed E-state index contributed by atoms with van der Waals surface area (Å²) in [5.41, 5.74) is 1.76. The first-order valence-electron chi connectivity index (χ1n) is 6.19. The molecule has 20 heavy (non-hydrogen) atoms. The highest BCUT2D eigenvalue weighted by atomic mass is 79.9. The van der Waals surface area contributed by atoms with Crippen molar-refractivity contribution in [3.05, 3.63) is 38.3 Å². The van der Waals surface area contributed by atoms with Gasteiger partial charge in [0.15, 0.2) is 0 Å². The van der Waals surface area contributed by atoms with E-state index in [1.54, 1.807) is 0 Å². The Hall–Kier alpha value is -1.21. The number of halogens is 2. The number of nitrogens with one attached hydrogen (secondary N) is 2. The number of hydrogen-bond donors (Lipinski definition) is 2. The number of nitrogens with zero attached hydrogens (tertiary/aromatic N) is 2. The Morgan fingerprint density at radius 3 is 2.60 bits per heavy atom. The zero-order valence-corrected chi connectivity index (χ0v) is 14.3. The summed E-state index contributed by atoms with van der Waals surface area (Å²) in [7, 11) is 0. The van der Waals surface area contributed by atoms with Gasteiger partial charge in [0.05, 0.1) is 5.69 Å². The molecule has 0 saturated carbocycles. The van der Waals surface area contributed by atoms with Crippen molar-refractivity contribution in [2.24, 2.45) is 0 Å². The van der Waals surface area contributed by atoms with Crippen LogP contribution in [0.5, 0.6) is 0 Å². The number of aryl methyl sites for hydroxylation is 2. The van der Waals surface area contributed by atoms with Crippen molar-refractivity contribution in [1.29, 1.82) is 0 Å². The lowest BCUT2D eigenvalue weighted by Crippen LogP contribution is -2.14. The Morgan fingerprint density at radius 2 is 2.00 bits per heavy atom. The van der Waals surface area contributed by atoms with Gasteiger partial charge in [0, 0.05) is 15.4 Å². The Kier molecular flexibility index (Phi) is 4.93. The summed E-state index contributed by atoms with van der Waals surface area (Å²) in [4.78, 5) is 16.3. The number of carbonyl (C=O) groups is 1. The van der Waals surface area contributed by atoms with E-state index in [1.165, 1.54) is 0 Å². The second-order valence-corrected chi connectivity index (χ2v) is 6.12. The summed E-state index contributed by atoms with van der Waals surface area (Å²) in [6.07, 6.45) is 1.73. The van der Waals surface area contributed by atoms with E-state index >= 15 is 0 Å². The standard InChI is InChI=1S/C13H14Br2N4O/c1-3-4-10-16-12(19-18-10)13(20)17-11-8(14)5-7(2)6-9(11)15/h5-6H,3-4H2,1-2H3,(H,17,20)(H,16,18,19). The summed E-state index contributed by atoms with van der Waals surface area (Å²) in [6, 6.07) is 3.86. The molecule has 1 heterocycles. The van der Waals surface area contributed by atoms with Gasteiger partial charge in [-0.05, 0) is 62.9 Å². The second-order valence-electron chi connectivity index (χ2n) is 4.41. The third-order valence-corrected chi connectivity index (χ3v) is 3.90. The number of carbonyl (C=O) groups excluding carboxylic acids is 1. The molecule has 0 aliphatic heterocycles. The molecule has 5 nitrogen and oxygen atoms in total. The number of amides is 1. The van der Waals surface area contributed by atoms with Crippen molar-refractivity contribution in [3.8, 4) is 0 Å². The molecule has 2 N–H and O–H groups in total. The lowest BCUT2D eigenvalue weighted by Gasteiger charge is -2.09. The summed E-state index contributed by atoms with van der Waals surface area (Å²) in [5.74, 6) is 0.529. The smallest absolute Gasteiger partial charge is 0.295 e. The van der Waals surface area contributed by atoms with E-state index in [2.05, 4.69) is 52.4 Å². The molecule has 106 valence electrons. The first-order valence-corrected chi connectivity index (χ1v) is 7.78. The van der Waals surface area contributed by atoms with Gasteiger partial charge in [0.1, 0.15) is 5.82 Å². The highest BCUT2D eigenvalue weighted by Gasteiger charge is 2.15. The van der Waals surface area contributed by atoms with Gasteiger partial charge in [-0.2, -0.15) is 0 Å². The molecule has 0 aliphatic rings. The molecule has 1 amide bonds. The van der Waals surface area contributed by atoms with Gasteiger partial charge in [0.2, 0.25) is 5.82 Å². The molecule has 0 saturated heterocycles. The van der Waals surface area contributed by atoms with E-state index in [4.69, 9.17) is 0 Å². The molecule has 0 unspecified atom stereocenters. The molecule has 0 spiro atoms. The molecule has 0 aliphatic carbocycles. The van der Waals surface area contributed by atoms with Crippen LogP contribution in [-0.4, -0.2) is 21.1 Å². The van der Waals surface area contributed by atoms with Gasteiger partial charge in [0.25, 0.3) is 5.91 Å². The third-order valence-electron chi connectivity index (χ3n) is 2.65. The zero-order valence-electron chi connectivity index (χ0n) is 11.1. The summed E-state index contributed by atoms with van der Waals surface area (Å²) in [5, 5.41) is 9.50. The van der Waals surface area contributed by atoms with Crippen molar-refractivity contribution in [2.45, 2.75) is 26.7 Å². The quantitative estimate of drug-likeness (QED) is 0.817. The van der Waals surface area contributed by atoms with Crippen LogP contribution in [0.1, 0.15) is 35.4 Å². The zero-order chi connectivity index (χ0) is 14.7. The van der Waals surface area contributed by atoms with Gasteiger partial charge in [-0.1, -0.05) is 6.92 Å². The van der Waals surface area contributed by atoms with E-state index < -0.39 is 0 Å². The van der Waals surface area contributed by atoms with Crippen LogP contribution >= 0.6 is 31.9 Å². The van der Waals surface area contributed by atoms with Crippen molar-refractivity contribution < 1.29 is 4.79 Å². The van der Waals surface area contributed by atoms with Gasteiger partial charge >= 0.3 is 0 Å². The Labute approximate surface area is 133 Å². The number of H-pyrrole nitrogens is 1. The van der Waals surface area contributed by atoms with Crippen LogP contribution in [0.2, 0.25) is 0 Å². The molecule has 1 aromatic heterocycles. The number of aromatic amines is 1. The average molecular weight is 402 g/mol. The van der Waals surface area contributed by atoms with E-state index in [0.29, 0.717) is 5.69 Å². The monoisotopic (exact) mass is 400 g/mol. The fourth-order valence-electron chi connectivity index (χ4n) is 1.73. The van der Waals surface area contributed by atoms with E-state index in [1.807, 2.05) is 26.0 Å². The first-order chi connectivity index (χ1) is 9.51. The fraction of sp³-hybridized carbons (Fsp3) is 0.308. The van der Waals surface area contributed by atoms with Crippen LogP contribution in [0.25, 0.3) is 0 Å².